The highest BCUT2D eigenvalue weighted by atomic mass is 32.1. The fourth-order valence-electron chi connectivity index (χ4n) is 3.80. The van der Waals surface area contributed by atoms with Gasteiger partial charge in [0, 0.05) is 24.7 Å². The molecule has 7 nitrogen and oxygen atoms in total. The lowest BCUT2D eigenvalue weighted by Crippen LogP contribution is -2.46. The maximum atomic E-state index is 12.8. The Morgan fingerprint density at radius 3 is 2.62 bits per heavy atom. The molecule has 2 aromatic heterocycles. The van der Waals surface area contributed by atoms with Crippen molar-refractivity contribution in [1.29, 1.82) is 0 Å². The number of aromatic nitrogens is 1. The quantitative estimate of drug-likeness (QED) is 0.583. The van der Waals surface area contributed by atoms with Crippen LogP contribution in [0.25, 0.3) is 10.8 Å². The van der Waals surface area contributed by atoms with Crippen LogP contribution in [-0.4, -0.2) is 47.4 Å². The van der Waals surface area contributed by atoms with Crippen molar-refractivity contribution in [3.63, 3.8) is 0 Å². The van der Waals surface area contributed by atoms with Gasteiger partial charge in [-0.3, -0.25) is 9.59 Å². The number of ether oxygens (including phenoxy) is 1. The van der Waals surface area contributed by atoms with E-state index in [1.807, 2.05) is 48.4 Å². The summed E-state index contributed by atoms with van der Waals surface area (Å²) in [5, 5.41) is 5.05. The average Bonchev–Trinajstić information content (AvgIpc) is 3.45. The van der Waals surface area contributed by atoms with Gasteiger partial charge < -0.3 is 19.4 Å². The minimum Gasteiger partial charge on any atom is -0.494 e. The lowest BCUT2D eigenvalue weighted by atomic mass is 10.0. The fourth-order valence-corrected chi connectivity index (χ4v) is 4.45. The first-order valence-electron chi connectivity index (χ1n) is 10.8. The normalized spacial score (nSPS) is 14.4. The molecule has 1 fully saturated rings. The van der Waals surface area contributed by atoms with Crippen LogP contribution in [0, 0.1) is 6.92 Å². The lowest BCUT2D eigenvalue weighted by Gasteiger charge is -2.32. The average molecular weight is 454 g/mol. The Labute approximate surface area is 191 Å². The summed E-state index contributed by atoms with van der Waals surface area (Å²) in [5.74, 6) is 1.92. The Morgan fingerprint density at radius 1 is 1.22 bits per heavy atom. The summed E-state index contributed by atoms with van der Waals surface area (Å²) < 4.78 is 11.2. The molecular formula is C24H27N3O4S. The number of likely N-dealkylation sites (tertiary alicyclic amines) is 1. The maximum Gasteiger partial charge on any atom is 0.253 e. The number of carbonyl (C=O) groups is 2. The first-order chi connectivity index (χ1) is 15.5. The summed E-state index contributed by atoms with van der Waals surface area (Å²) in [5.41, 5.74) is 1.31. The number of oxazole rings is 1. The van der Waals surface area contributed by atoms with E-state index in [-0.39, 0.29) is 24.3 Å². The Morgan fingerprint density at radius 2 is 1.97 bits per heavy atom. The van der Waals surface area contributed by atoms with Crippen LogP contribution in [0.15, 0.2) is 46.2 Å². The SMILES string of the molecule is CCOc1ccc(C(=O)N2CCC(NC(=O)Cc3nc(-c4cccs4)oc3C)CC2)cc1. The molecule has 8 heteroatoms. The van der Waals surface area contributed by atoms with Gasteiger partial charge in [0.05, 0.1) is 23.6 Å². The summed E-state index contributed by atoms with van der Waals surface area (Å²) in [4.78, 5) is 32.6. The summed E-state index contributed by atoms with van der Waals surface area (Å²) in [6, 6.07) is 11.2. The second kappa shape index (κ2) is 9.99. The Bertz CT molecular complexity index is 1050. The molecule has 0 radical (unpaired) electrons. The monoisotopic (exact) mass is 453 g/mol. The number of hydrogen-bond donors (Lipinski definition) is 1. The molecule has 1 aliphatic heterocycles. The zero-order chi connectivity index (χ0) is 22.5. The van der Waals surface area contributed by atoms with Gasteiger partial charge in [-0.1, -0.05) is 6.07 Å². The molecule has 0 aliphatic carbocycles. The van der Waals surface area contributed by atoms with E-state index in [4.69, 9.17) is 9.15 Å². The van der Waals surface area contributed by atoms with Crippen molar-refractivity contribution in [2.45, 2.75) is 39.2 Å². The third-order valence-corrected chi connectivity index (χ3v) is 6.37. The third-order valence-electron chi connectivity index (χ3n) is 5.51. The molecule has 1 aliphatic rings. The number of rotatable bonds is 7. The number of amides is 2. The van der Waals surface area contributed by atoms with Crippen LogP contribution < -0.4 is 10.1 Å². The van der Waals surface area contributed by atoms with Gasteiger partial charge in [-0.25, -0.2) is 4.98 Å². The van der Waals surface area contributed by atoms with Gasteiger partial charge in [-0.05, 0) is 62.4 Å². The van der Waals surface area contributed by atoms with E-state index < -0.39 is 0 Å². The summed E-state index contributed by atoms with van der Waals surface area (Å²) in [6.45, 7) is 5.58. The number of nitrogens with zero attached hydrogens (tertiary/aromatic N) is 2. The zero-order valence-electron chi connectivity index (χ0n) is 18.3. The van der Waals surface area contributed by atoms with Gasteiger partial charge in [0.2, 0.25) is 11.8 Å². The molecule has 32 heavy (non-hydrogen) atoms. The first kappa shape index (κ1) is 22.1. The van der Waals surface area contributed by atoms with Crippen molar-refractivity contribution in [2.75, 3.05) is 19.7 Å². The van der Waals surface area contributed by atoms with Gasteiger partial charge in [-0.2, -0.15) is 0 Å². The van der Waals surface area contributed by atoms with Crippen LogP contribution in [0.5, 0.6) is 5.75 Å². The van der Waals surface area contributed by atoms with Crippen molar-refractivity contribution in [2.24, 2.45) is 0 Å². The Hall–Kier alpha value is -3.13. The first-order valence-corrected chi connectivity index (χ1v) is 11.7. The summed E-state index contributed by atoms with van der Waals surface area (Å²) >= 11 is 1.55. The molecular weight excluding hydrogens is 426 g/mol. The van der Waals surface area contributed by atoms with Crippen molar-refractivity contribution in [3.05, 3.63) is 58.8 Å². The van der Waals surface area contributed by atoms with E-state index in [1.165, 1.54) is 0 Å². The number of aryl methyl sites for hydroxylation is 1. The predicted octanol–water partition coefficient (Wildman–Crippen LogP) is 4.07. The minimum atomic E-state index is -0.0737. The smallest absolute Gasteiger partial charge is 0.253 e. The molecule has 2 amide bonds. The van der Waals surface area contributed by atoms with Crippen LogP contribution >= 0.6 is 11.3 Å². The molecule has 4 rings (SSSR count). The number of hydrogen-bond acceptors (Lipinski definition) is 6. The molecule has 1 aromatic carbocycles. The van der Waals surface area contributed by atoms with E-state index >= 15 is 0 Å². The molecule has 0 bridgehead atoms. The highest BCUT2D eigenvalue weighted by Crippen LogP contribution is 2.26. The highest BCUT2D eigenvalue weighted by Gasteiger charge is 2.25. The zero-order valence-corrected chi connectivity index (χ0v) is 19.1. The summed E-state index contributed by atoms with van der Waals surface area (Å²) in [7, 11) is 0. The van der Waals surface area contributed by atoms with Crippen LogP contribution in [0.4, 0.5) is 0 Å². The number of nitrogens with one attached hydrogen (secondary N) is 1. The lowest BCUT2D eigenvalue weighted by molar-refractivity contribution is -0.121. The van der Waals surface area contributed by atoms with Crippen molar-refractivity contribution < 1.29 is 18.7 Å². The molecule has 0 unspecified atom stereocenters. The molecule has 3 heterocycles. The molecule has 1 N–H and O–H groups in total. The molecule has 0 atom stereocenters. The third kappa shape index (κ3) is 5.19. The van der Waals surface area contributed by atoms with E-state index in [9.17, 15) is 9.59 Å². The molecule has 3 aromatic rings. The largest absolute Gasteiger partial charge is 0.494 e. The van der Waals surface area contributed by atoms with E-state index in [1.54, 1.807) is 23.5 Å². The molecule has 1 saturated heterocycles. The minimum absolute atomic E-state index is 0.0113. The predicted molar refractivity (Wildman–Crippen MR) is 123 cm³/mol. The van der Waals surface area contributed by atoms with E-state index in [2.05, 4.69) is 10.3 Å². The van der Waals surface area contributed by atoms with E-state index in [0.717, 1.165) is 23.5 Å². The van der Waals surface area contributed by atoms with Gasteiger partial charge in [0.25, 0.3) is 5.91 Å². The van der Waals surface area contributed by atoms with Crippen molar-refractivity contribution in [1.82, 2.24) is 15.2 Å². The summed E-state index contributed by atoms with van der Waals surface area (Å²) in [6.07, 6.45) is 1.64. The number of thiophene rings is 1. The molecule has 0 saturated carbocycles. The van der Waals surface area contributed by atoms with Crippen LogP contribution in [0.3, 0.4) is 0 Å². The van der Waals surface area contributed by atoms with Gasteiger partial charge in [0.15, 0.2) is 0 Å². The Kier molecular flexibility index (Phi) is 6.90. The van der Waals surface area contributed by atoms with Crippen LogP contribution in [0.2, 0.25) is 0 Å². The second-order valence-electron chi connectivity index (χ2n) is 7.77. The van der Waals surface area contributed by atoms with E-state index in [0.29, 0.717) is 42.6 Å². The van der Waals surface area contributed by atoms with Crippen molar-refractivity contribution in [3.8, 4) is 16.5 Å². The molecule has 0 spiro atoms. The van der Waals surface area contributed by atoms with Gasteiger partial charge in [0.1, 0.15) is 11.5 Å². The number of carbonyl (C=O) groups excluding carboxylic acids is 2. The Balaban J connectivity index is 1.26. The highest BCUT2D eigenvalue weighted by molar-refractivity contribution is 7.13. The number of piperidine rings is 1. The van der Waals surface area contributed by atoms with Gasteiger partial charge >= 0.3 is 0 Å². The van der Waals surface area contributed by atoms with Crippen LogP contribution in [-0.2, 0) is 11.2 Å². The number of benzene rings is 1. The second-order valence-corrected chi connectivity index (χ2v) is 8.72. The molecule has 168 valence electrons. The fraction of sp³-hybridized carbons (Fsp3) is 0.375. The maximum absolute atomic E-state index is 12.8. The van der Waals surface area contributed by atoms with Crippen molar-refractivity contribution >= 4 is 23.2 Å². The van der Waals surface area contributed by atoms with Crippen LogP contribution in [0.1, 0.15) is 41.6 Å². The van der Waals surface area contributed by atoms with Gasteiger partial charge in [-0.15, -0.1) is 11.3 Å². The topological polar surface area (TPSA) is 84.7 Å². The standard InChI is InChI=1S/C24H27N3O4S/c1-3-30-19-8-6-17(7-9-19)24(29)27-12-10-18(11-13-27)25-22(28)15-20-16(2)31-23(26-20)21-5-4-14-32-21/h4-9,14,18H,3,10-13,15H2,1-2H3,(H,25,28).